The van der Waals surface area contributed by atoms with Crippen LogP contribution in [0.4, 0.5) is 0 Å². The maximum atomic E-state index is 12.9. The lowest BCUT2D eigenvalue weighted by Gasteiger charge is -2.25. The molecule has 1 aliphatic carbocycles. The molecule has 0 saturated carbocycles. The summed E-state index contributed by atoms with van der Waals surface area (Å²) in [6.45, 7) is 6.15. The van der Waals surface area contributed by atoms with Gasteiger partial charge in [0, 0.05) is 12.7 Å². The standard InChI is InChI=1S/C20H22N4O2S/c1-4-10-24-16(15-13(18(24)25)11-21-19(23-15)27-3)14-7-6-12-8-9-20(26,5-2)17(12)22-14/h4,6-7,11,16,26H,1,5,8-10H2,2-3H3/t16?,20-/m1/s1. The average molecular weight is 382 g/mol. The fraction of sp³-hybridized carbons (Fsp3) is 0.400. The smallest absolute Gasteiger partial charge is 0.258 e. The molecule has 27 heavy (non-hydrogen) atoms. The molecular formula is C20H22N4O2S. The van der Waals surface area contributed by atoms with E-state index in [2.05, 4.69) is 16.5 Å². The van der Waals surface area contributed by atoms with Crippen LogP contribution in [0.3, 0.4) is 0 Å². The van der Waals surface area contributed by atoms with Crippen molar-refractivity contribution in [2.45, 2.75) is 43.0 Å². The van der Waals surface area contributed by atoms with Crippen LogP contribution in [0, 0.1) is 0 Å². The summed E-state index contributed by atoms with van der Waals surface area (Å²) in [6.07, 6.45) is 7.33. The molecule has 0 spiro atoms. The minimum absolute atomic E-state index is 0.115. The third-order valence-electron chi connectivity index (χ3n) is 5.48. The van der Waals surface area contributed by atoms with Crippen LogP contribution in [-0.2, 0) is 12.0 Å². The molecule has 2 aliphatic rings. The zero-order valence-corrected chi connectivity index (χ0v) is 16.3. The molecule has 140 valence electrons. The van der Waals surface area contributed by atoms with E-state index in [1.54, 1.807) is 17.2 Å². The molecule has 2 aromatic heterocycles. The Labute approximate surface area is 162 Å². The number of carbonyl (C=O) groups excluding carboxylic acids is 1. The van der Waals surface area contributed by atoms with E-state index in [0.717, 1.165) is 23.4 Å². The van der Waals surface area contributed by atoms with Gasteiger partial charge in [-0.3, -0.25) is 9.78 Å². The first-order valence-electron chi connectivity index (χ1n) is 9.08. The van der Waals surface area contributed by atoms with Gasteiger partial charge in [-0.1, -0.05) is 30.8 Å². The number of nitrogens with zero attached hydrogens (tertiary/aromatic N) is 4. The highest BCUT2D eigenvalue weighted by molar-refractivity contribution is 7.98. The lowest BCUT2D eigenvalue weighted by atomic mass is 9.97. The molecular weight excluding hydrogens is 360 g/mol. The molecule has 0 saturated heterocycles. The van der Waals surface area contributed by atoms with E-state index in [9.17, 15) is 9.90 Å². The number of hydrogen-bond donors (Lipinski definition) is 1. The fourth-order valence-corrected chi connectivity index (χ4v) is 4.31. The Hall–Kier alpha value is -2.25. The van der Waals surface area contributed by atoms with Gasteiger partial charge in [0.15, 0.2) is 5.16 Å². The lowest BCUT2D eigenvalue weighted by Crippen LogP contribution is -2.30. The summed E-state index contributed by atoms with van der Waals surface area (Å²) in [7, 11) is 0. The summed E-state index contributed by atoms with van der Waals surface area (Å²) in [5, 5.41) is 11.6. The Kier molecular flexibility index (Phi) is 4.52. The summed E-state index contributed by atoms with van der Waals surface area (Å²) >= 11 is 1.44. The molecule has 2 aromatic rings. The third kappa shape index (κ3) is 2.76. The first kappa shape index (κ1) is 18.1. The Morgan fingerprint density at radius 1 is 1.44 bits per heavy atom. The number of amides is 1. The number of rotatable bonds is 5. The van der Waals surface area contributed by atoms with Crippen LogP contribution in [0.1, 0.15) is 58.8 Å². The highest BCUT2D eigenvalue weighted by Crippen LogP contribution is 2.41. The molecule has 1 unspecified atom stereocenters. The van der Waals surface area contributed by atoms with Crippen molar-refractivity contribution in [3.05, 3.63) is 59.2 Å². The molecule has 0 aromatic carbocycles. The van der Waals surface area contributed by atoms with Crippen molar-refractivity contribution in [3.63, 3.8) is 0 Å². The summed E-state index contributed by atoms with van der Waals surface area (Å²) in [4.78, 5) is 28.3. The second-order valence-electron chi connectivity index (χ2n) is 6.93. The summed E-state index contributed by atoms with van der Waals surface area (Å²) < 4.78 is 0. The third-order valence-corrected chi connectivity index (χ3v) is 6.04. The highest BCUT2D eigenvalue weighted by atomic mass is 32.2. The topological polar surface area (TPSA) is 79.2 Å². The van der Waals surface area contributed by atoms with Crippen LogP contribution in [0.5, 0.6) is 0 Å². The lowest BCUT2D eigenvalue weighted by molar-refractivity contribution is 0.0303. The molecule has 0 bridgehead atoms. The van der Waals surface area contributed by atoms with E-state index in [-0.39, 0.29) is 5.91 Å². The maximum absolute atomic E-state index is 12.9. The number of pyridine rings is 1. The molecule has 2 atom stereocenters. The quantitative estimate of drug-likeness (QED) is 0.487. The van der Waals surface area contributed by atoms with Crippen molar-refractivity contribution in [1.29, 1.82) is 0 Å². The minimum atomic E-state index is -0.893. The number of hydrogen-bond acceptors (Lipinski definition) is 6. The van der Waals surface area contributed by atoms with Crippen molar-refractivity contribution >= 4 is 17.7 Å². The van der Waals surface area contributed by atoms with E-state index in [1.807, 2.05) is 25.3 Å². The van der Waals surface area contributed by atoms with Crippen LogP contribution in [-0.4, -0.2) is 43.7 Å². The Morgan fingerprint density at radius 2 is 2.26 bits per heavy atom. The normalized spacial score (nSPS) is 23.4. The van der Waals surface area contributed by atoms with Crippen molar-refractivity contribution in [3.8, 4) is 0 Å². The van der Waals surface area contributed by atoms with Gasteiger partial charge < -0.3 is 10.0 Å². The van der Waals surface area contributed by atoms with Crippen molar-refractivity contribution in [2.75, 3.05) is 12.8 Å². The largest absolute Gasteiger partial charge is 0.384 e. The van der Waals surface area contributed by atoms with E-state index in [0.29, 0.717) is 35.8 Å². The van der Waals surface area contributed by atoms with Gasteiger partial charge in [-0.2, -0.15) is 0 Å². The van der Waals surface area contributed by atoms with E-state index < -0.39 is 11.6 Å². The van der Waals surface area contributed by atoms with E-state index in [1.165, 1.54) is 11.8 Å². The molecule has 0 radical (unpaired) electrons. The van der Waals surface area contributed by atoms with Gasteiger partial charge in [0.1, 0.15) is 11.6 Å². The number of aromatic nitrogens is 3. The fourth-order valence-electron chi connectivity index (χ4n) is 3.96. The van der Waals surface area contributed by atoms with Gasteiger partial charge in [-0.05, 0) is 37.1 Å². The van der Waals surface area contributed by atoms with Gasteiger partial charge in [0.2, 0.25) is 0 Å². The maximum Gasteiger partial charge on any atom is 0.258 e. The van der Waals surface area contributed by atoms with Gasteiger partial charge in [-0.15, -0.1) is 6.58 Å². The minimum Gasteiger partial charge on any atom is -0.384 e. The zero-order valence-electron chi connectivity index (χ0n) is 15.5. The first-order chi connectivity index (χ1) is 13.0. The number of aryl methyl sites for hydroxylation is 1. The van der Waals surface area contributed by atoms with Crippen LogP contribution in [0.2, 0.25) is 0 Å². The van der Waals surface area contributed by atoms with E-state index in [4.69, 9.17) is 4.98 Å². The second kappa shape index (κ2) is 6.73. The number of carbonyl (C=O) groups is 1. The summed E-state index contributed by atoms with van der Waals surface area (Å²) in [6, 6.07) is 3.58. The number of aliphatic hydroxyl groups is 1. The average Bonchev–Trinajstić information content (AvgIpc) is 3.17. The Bertz CT molecular complexity index is 932. The summed E-state index contributed by atoms with van der Waals surface area (Å²) in [5.41, 5.74) is 2.83. The predicted octanol–water partition coefficient (Wildman–Crippen LogP) is 2.87. The van der Waals surface area contributed by atoms with Crippen LogP contribution in [0.25, 0.3) is 0 Å². The summed E-state index contributed by atoms with van der Waals surface area (Å²) in [5.74, 6) is -0.115. The predicted molar refractivity (Wildman–Crippen MR) is 104 cm³/mol. The van der Waals surface area contributed by atoms with Gasteiger partial charge in [-0.25, -0.2) is 9.97 Å². The van der Waals surface area contributed by atoms with Gasteiger partial charge in [0.25, 0.3) is 5.91 Å². The molecule has 1 N–H and O–H groups in total. The first-order valence-corrected chi connectivity index (χ1v) is 10.3. The monoisotopic (exact) mass is 382 g/mol. The molecule has 7 heteroatoms. The molecule has 6 nitrogen and oxygen atoms in total. The van der Waals surface area contributed by atoms with Crippen molar-refractivity contribution in [1.82, 2.24) is 19.9 Å². The Balaban J connectivity index is 1.86. The molecule has 3 heterocycles. The van der Waals surface area contributed by atoms with Crippen LogP contribution >= 0.6 is 11.8 Å². The van der Waals surface area contributed by atoms with Gasteiger partial charge in [0.05, 0.1) is 22.6 Å². The zero-order chi connectivity index (χ0) is 19.2. The van der Waals surface area contributed by atoms with Crippen LogP contribution in [0.15, 0.2) is 36.1 Å². The highest BCUT2D eigenvalue weighted by Gasteiger charge is 2.42. The molecule has 4 rings (SSSR count). The van der Waals surface area contributed by atoms with Crippen LogP contribution < -0.4 is 0 Å². The molecule has 1 aliphatic heterocycles. The van der Waals surface area contributed by atoms with Crippen molar-refractivity contribution in [2.24, 2.45) is 0 Å². The molecule has 0 fully saturated rings. The Morgan fingerprint density at radius 3 is 2.96 bits per heavy atom. The SMILES string of the molecule is C=CCN1C(=O)c2cnc(SC)nc2C1c1ccc2c(n1)[C@@](O)(CC)CC2. The van der Waals surface area contributed by atoms with E-state index >= 15 is 0 Å². The second-order valence-corrected chi connectivity index (χ2v) is 7.71. The van der Waals surface area contributed by atoms with Gasteiger partial charge >= 0.3 is 0 Å². The molecule has 1 amide bonds. The number of thioether (sulfide) groups is 1. The van der Waals surface area contributed by atoms with Crippen molar-refractivity contribution < 1.29 is 9.90 Å². The number of fused-ring (bicyclic) bond motifs is 2.